The Morgan fingerprint density at radius 1 is 1.03 bits per heavy atom. The van der Waals surface area contributed by atoms with Crippen molar-refractivity contribution in [3.63, 3.8) is 0 Å². The first kappa shape index (κ1) is 25.0. The van der Waals surface area contributed by atoms with Crippen molar-refractivity contribution in [2.45, 2.75) is 50.9 Å². The Kier molecular flexibility index (Phi) is 6.28. The number of pyridine rings is 1. The van der Waals surface area contributed by atoms with Crippen molar-refractivity contribution in [1.29, 1.82) is 0 Å². The van der Waals surface area contributed by atoms with Gasteiger partial charge in [-0.25, -0.2) is 15.0 Å². The van der Waals surface area contributed by atoms with E-state index in [-0.39, 0.29) is 29.3 Å². The lowest BCUT2D eigenvalue weighted by Gasteiger charge is -2.38. The predicted molar refractivity (Wildman–Crippen MR) is 118 cm³/mol. The lowest BCUT2D eigenvalue weighted by atomic mass is 9.97. The van der Waals surface area contributed by atoms with Gasteiger partial charge in [0.2, 0.25) is 5.96 Å². The van der Waals surface area contributed by atoms with Crippen LogP contribution < -0.4 is 16.4 Å². The van der Waals surface area contributed by atoms with Crippen molar-refractivity contribution in [2.75, 3.05) is 0 Å². The molecule has 0 radical (unpaired) electrons. The van der Waals surface area contributed by atoms with Gasteiger partial charge in [0, 0.05) is 5.92 Å². The van der Waals surface area contributed by atoms with Gasteiger partial charge in [0.25, 0.3) is 0 Å². The molecule has 1 aliphatic heterocycles. The van der Waals surface area contributed by atoms with E-state index in [1.807, 2.05) is 6.92 Å². The Hall–Kier alpha value is -3.15. The molecule has 1 aliphatic carbocycles. The molecule has 3 atom stereocenters. The molecule has 4 rings (SSSR count). The summed E-state index contributed by atoms with van der Waals surface area (Å²) in [7, 11) is 0. The van der Waals surface area contributed by atoms with Gasteiger partial charge in [-0.3, -0.25) is 5.73 Å². The number of halogens is 6. The molecule has 1 aromatic heterocycles. The number of nitrogens with zero attached hydrogens (tertiary/aromatic N) is 3. The molecule has 188 valence electrons. The van der Waals surface area contributed by atoms with Crippen molar-refractivity contribution in [2.24, 2.45) is 27.6 Å². The fourth-order valence-electron chi connectivity index (χ4n) is 3.90. The summed E-state index contributed by atoms with van der Waals surface area (Å²) < 4.78 is 79.1. The Balaban J connectivity index is 1.70. The molecule has 0 bridgehead atoms. The van der Waals surface area contributed by atoms with E-state index in [0.717, 1.165) is 31.0 Å². The van der Waals surface area contributed by atoms with E-state index < -0.39 is 35.4 Å². The van der Waals surface area contributed by atoms with Crippen LogP contribution in [-0.4, -0.2) is 22.6 Å². The number of hydrogen-bond acceptors (Lipinski definition) is 4. The molecular formula is C23H24F6N6. The number of nitrogens with one attached hydrogen (secondary N) is 2. The molecule has 0 amide bonds. The summed E-state index contributed by atoms with van der Waals surface area (Å²) in [5, 5.41) is 5.82. The third kappa shape index (κ3) is 5.58. The number of nitrogens with two attached hydrogens (primary N) is 1. The van der Waals surface area contributed by atoms with Crippen LogP contribution in [0.3, 0.4) is 0 Å². The molecular weight excluding hydrogens is 474 g/mol. The van der Waals surface area contributed by atoms with E-state index in [2.05, 4.69) is 25.6 Å². The van der Waals surface area contributed by atoms with Gasteiger partial charge in [0.1, 0.15) is 11.4 Å². The molecule has 0 saturated heterocycles. The predicted octanol–water partition coefficient (Wildman–Crippen LogP) is 4.83. The second kappa shape index (κ2) is 8.81. The Bertz CT molecular complexity index is 1150. The third-order valence-corrected chi connectivity index (χ3v) is 6.18. The number of amidine groups is 1. The lowest BCUT2D eigenvalue weighted by Crippen LogP contribution is -2.66. The number of alkyl halides is 6. The topological polar surface area (TPSA) is 87.7 Å². The van der Waals surface area contributed by atoms with E-state index in [0.29, 0.717) is 5.56 Å². The van der Waals surface area contributed by atoms with Crippen LogP contribution in [-0.2, 0) is 12.4 Å². The molecule has 2 aliphatic rings. The largest absolute Gasteiger partial charge is 0.433 e. The number of rotatable bonds is 5. The van der Waals surface area contributed by atoms with Crippen molar-refractivity contribution in [3.05, 3.63) is 65.0 Å². The van der Waals surface area contributed by atoms with Crippen LogP contribution in [0.15, 0.2) is 52.4 Å². The van der Waals surface area contributed by atoms with Crippen LogP contribution in [0.25, 0.3) is 0 Å². The van der Waals surface area contributed by atoms with Gasteiger partial charge in [-0.15, -0.1) is 0 Å². The monoisotopic (exact) mass is 498 g/mol. The summed E-state index contributed by atoms with van der Waals surface area (Å²) in [4.78, 5) is 12.6. The maximum Gasteiger partial charge on any atom is 0.433 e. The number of aliphatic imine (C=N–C) groups is 2. The first-order valence-electron chi connectivity index (χ1n) is 11.0. The second-order valence-corrected chi connectivity index (χ2v) is 8.84. The molecule has 2 heterocycles. The first-order valence-corrected chi connectivity index (χ1v) is 11.0. The van der Waals surface area contributed by atoms with Crippen LogP contribution in [0.1, 0.15) is 55.2 Å². The SMILES string of the molecule is CC(N=C1NC(c2cccc(C(F)(F)F)n2)=NC(N)([C@H](C)C2CC2)N1)c1cccc(C(F)(F)F)c1. The smallest absolute Gasteiger partial charge is 0.319 e. The van der Waals surface area contributed by atoms with Gasteiger partial charge >= 0.3 is 12.4 Å². The third-order valence-electron chi connectivity index (χ3n) is 6.18. The van der Waals surface area contributed by atoms with Gasteiger partial charge in [-0.2, -0.15) is 26.3 Å². The molecule has 4 N–H and O–H groups in total. The van der Waals surface area contributed by atoms with E-state index >= 15 is 0 Å². The minimum atomic E-state index is -4.65. The van der Waals surface area contributed by atoms with Crippen LogP contribution in [0.5, 0.6) is 0 Å². The van der Waals surface area contributed by atoms with E-state index in [1.165, 1.54) is 24.3 Å². The molecule has 2 unspecified atom stereocenters. The van der Waals surface area contributed by atoms with Crippen molar-refractivity contribution in [3.8, 4) is 0 Å². The molecule has 35 heavy (non-hydrogen) atoms. The molecule has 2 aromatic rings. The number of guanidine groups is 1. The summed E-state index contributed by atoms with van der Waals surface area (Å²) in [6.07, 6.45) is -7.28. The summed E-state index contributed by atoms with van der Waals surface area (Å²) >= 11 is 0. The zero-order valence-electron chi connectivity index (χ0n) is 18.9. The van der Waals surface area contributed by atoms with Gasteiger partial charge in [-0.05, 0) is 55.5 Å². The van der Waals surface area contributed by atoms with Crippen LogP contribution in [0.2, 0.25) is 0 Å². The Morgan fingerprint density at radius 2 is 1.71 bits per heavy atom. The van der Waals surface area contributed by atoms with E-state index in [4.69, 9.17) is 5.73 Å². The molecule has 1 saturated carbocycles. The number of aromatic nitrogens is 1. The normalized spacial score (nSPS) is 23.8. The lowest BCUT2D eigenvalue weighted by molar-refractivity contribution is -0.141. The van der Waals surface area contributed by atoms with Crippen LogP contribution in [0, 0.1) is 11.8 Å². The van der Waals surface area contributed by atoms with Crippen molar-refractivity contribution < 1.29 is 26.3 Å². The summed E-state index contributed by atoms with van der Waals surface area (Å²) in [5.41, 5.74) is 4.88. The average molecular weight is 498 g/mol. The van der Waals surface area contributed by atoms with E-state index in [1.54, 1.807) is 6.92 Å². The fourth-order valence-corrected chi connectivity index (χ4v) is 3.90. The highest BCUT2D eigenvalue weighted by atomic mass is 19.4. The van der Waals surface area contributed by atoms with Crippen LogP contribution >= 0.6 is 0 Å². The highest BCUT2D eigenvalue weighted by Crippen LogP contribution is 2.41. The average Bonchev–Trinajstić information content (AvgIpc) is 3.62. The van der Waals surface area contributed by atoms with E-state index in [9.17, 15) is 26.3 Å². The summed E-state index contributed by atoms with van der Waals surface area (Å²) in [6.45, 7) is 3.48. The first-order chi connectivity index (χ1) is 16.3. The maximum atomic E-state index is 13.2. The quantitative estimate of drug-likeness (QED) is 0.515. The molecule has 12 heteroatoms. The van der Waals surface area contributed by atoms with Gasteiger partial charge < -0.3 is 10.6 Å². The number of benzene rings is 1. The summed E-state index contributed by atoms with van der Waals surface area (Å²) in [5.74, 6) is -1.26. The molecule has 1 fully saturated rings. The van der Waals surface area contributed by atoms with Gasteiger partial charge in [-0.1, -0.05) is 25.1 Å². The standard InChI is InChI=1S/C23H24F6N6/c1-12(14-9-10-14)23(30)34-19(17-7-4-8-18(32-17)22(27,28)29)33-20(35-23)31-13(2)15-5-3-6-16(11-15)21(24,25)26/h3-8,11-14H,9-10,30H2,1-2H3,(H2,31,33,34,35)/t12-,13?,23?/m1/s1. The minimum absolute atomic E-state index is 0.0140. The Labute approximate surface area is 197 Å². The van der Waals surface area contributed by atoms with Gasteiger partial charge in [0.15, 0.2) is 11.6 Å². The van der Waals surface area contributed by atoms with Gasteiger partial charge in [0.05, 0.1) is 11.6 Å². The zero-order chi connectivity index (χ0) is 25.6. The highest BCUT2D eigenvalue weighted by molar-refractivity contribution is 6.09. The van der Waals surface area contributed by atoms with Crippen molar-refractivity contribution >= 4 is 11.8 Å². The second-order valence-electron chi connectivity index (χ2n) is 8.84. The molecule has 0 spiro atoms. The molecule has 6 nitrogen and oxygen atoms in total. The highest BCUT2D eigenvalue weighted by Gasteiger charge is 2.45. The maximum absolute atomic E-state index is 13.2. The van der Waals surface area contributed by atoms with Crippen LogP contribution in [0.4, 0.5) is 26.3 Å². The zero-order valence-corrected chi connectivity index (χ0v) is 18.9. The fraction of sp³-hybridized carbons (Fsp3) is 0.435. The molecule has 1 aromatic carbocycles. The summed E-state index contributed by atoms with van der Waals surface area (Å²) in [6, 6.07) is 7.46. The van der Waals surface area contributed by atoms with Crippen molar-refractivity contribution in [1.82, 2.24) is 15.6 Å². The Morgan fingerprint density at radius 3 is 2.34 bits per heavy atom. The number of hydrogen-bond donors (Lipinski definition) is 3. The minimum Gasteiger partial charge on any atom is -0.319 e.